The van der Waals surface area contributed by atoms with Gasteiger partial charge in [0.05, 0.1) is 19.4 Å². The molecule has 1 heterocycles. The van der Waals surface area contributed by atoms with Crippen LogP contribution in [0.1, 0.15) is 29.2 Å². The monoisotopic (exact) mass is 434 g/mol. The van der Waals surface area contributed by atoms with Gasteiger partial charge >= 0.3 is 6.03 Å². The average molecular weight is 434 g/mol. The molecular weight excluding hydrogens is 408 g/mol. The third-order valence-corrected chi connectivity index (χ3v) is 4.90. The van der Waals surface area contributed by atoms with Crippen molar-refractivity contribution >= 4 is 29.6 Å². The normalized spacial score (nSPS) is 15.1. The largest absolute Gasteiger partial charge is 0.493 e. The third-order valence-electron chi connectivity index (χ3n) is 4.90. The Hall–Kier alpha value is -3.87. The summed E-state index contributed by atoms with van der Waals surface area (Å²) in [7, 11) is 1.55. The van der Waals surface area contributed by atoms with Crippen molar-refractivity contribution < 1.29 is 23.9 Å². The predicted octanol–water partition coefficient (Wildman–Crippen LogP) is 4.11. The first-order chi connectivity index (χ1) is 15.3. The smallest absolute Gasteiger partial charge is 0.335 e. The minimum Gasteiger partial charge on any atom is -0.493 e. The van der Waals surface area contributed by atoms with Gasteiger partial charge in [-0.2, -0.15) is 0 Å². The number of allylic oxidation sites excluding steroid dienone is 1. The molecule has 1 aliphatic rings. The lowest BCUT2D eigenvalue weighted by molar-refractivity contribution is -0.122. The van der Waals surface area contributed by atoms with Crippen molar-refractivity contribution in [1.82, 2.24) is 5.32 Å². The van der Waals surface area contributed by atoms with E-state index in [1.807, 2.05) is 26.8 Å². The Morgan fingerprint density at radius 1 is 1.06 bits per heavy atom. The Kier molecular flexibility index (Phi) is 6.78. The van der Waals surface area contributed by atoms with Crippen LogP contribution in [0.4, 0.5) is 10.5 Å². The van der Waals surface area contributed by atoms with Gasteiger partial charge < -0.3 is 9.47 Å². The molecule has 0 aliphatic carbocycles. The summed E-state index contributed by atoms with van der Waals surface area (Å²) in [6, 6.07) is 8.10. The van der Waals surface area contributed by atoms with Crippen molar-refractivity contribution in [2.45, 2.75) is 27.2 Å². The summed E-state index contributed by atoms with van der Waals surface area (Å²) in [6.45, 7) is 9.78. The summed E-state index contributed by atoms with van der Waals surface area (Å²) >= 11 is 0. The highest BCUT2D eigenvalue weighted by molar-refractivity contribution is 6.39. The number of hydrogen-bond acceptors (Lipinski definition) is 5. The Morgan fingerprint density at radius 2 is 1.75 bits per heavy atom. The van der Waals surface area contributed by atoms with Crippen LogP contribution in [0.25, 0.3) is 6.08 Å². The molecule has 1 aliphatic heterocycles. The van der Waals surface area contributed by atoms with E-state index in [0.717, 1.165) is 21.6 Å². The average Bonchev–Trinajstić information content (AvgIpc) is 2.71. The molecule has 0 saturated carbocycles. The number of aryl methyl sites for hydroxylation is 2. The highest BCUT2D eigenvalue weighted by Crippen LogP contribution is 2.34. The lowest BCUT2D eigenvalue weighted by atomic mass is 10.0. The van der Waals surface area contributed by atoms with Crippen molar-refractivity contribution in [1.29, 1.82) is 0 Å². The van der Waals surface area contributed by atoms with Gasteiger partial charge in [-0.15, -0.1) is 6.58 Å². The van der Waals surface area contributed by atoms with Crippen LogP contribution in [0.5, 0.6) is 11.5 Å². The van der Waals surface area contributed by atoms with Gasteiger partial charge in [-0.3, -0.25) is 14.9 Å². The highest BCUT2D eigenvalue weighted by atomic mass is 16.5. The van der Waals surface area contributed by atoms with Gasteiger partial charge in [-0.1, -0.05) is 12.1 Å². The Morgan fingerprint density at radius 3 is 2.34 bits per heavy atom. The second-order valence-corrected chi connectivity index (χ2v) is 7.44. The van der Waals surface area contributed by atoms with E-state index < -0.39 is 17.8 Å². The van der Waals surface area contributed by atoms with Gasteiger partial charge in [0.1, 0.15) is 5.57 Å². The summed E-state index contributed by atoms with van der Waals surface area (Å²) in [5, 5.41) is 2.26. The molecule has 0 radical (unpaired) electrons. The van der Waals surface area contributed by atoms with E-state index in [2.05, 4.69) is 11.9 Å². The molecule has 2 aromatic rings. The van der Waals surface area contributed by atoms with Crippen molar-refractivity contribution in [3.8, 4) is 11.5 Å². The molecule has 32 heavy (non-hydrogen) atoms. The Balaban J connectivity index is 2.10. The van der Waals surface area contributed by atoms with Gasteiger partial charge in [0.25, 0.3) is 11.8 Å². The standard InChI is InChI=1S/C25H26N2O5/c1-6-8-18-12-17(14-21(32-7-2)22(18)31-5)13-20-23(28)26-25(30)27(24(20)29)19-10-15(3)9-16(4)11-19/h6,9-14H,1,7-8H2,2-5H3,(H,26,28,30)/b20-13+. The van der Waals surface area contributed by atoms with Crippen molar-refractivity contribution in [3.05, 3.63) is 70.8 Å². The first kappa shape index (κ1) is 22.8. The van der Waals surface area contributed by atoms with Crippen LogP contribution < -0.4 is 19.7 Å². The summed E-state index contributed by atoms with van der Waals surface area (Å²) < 4.78 is 11.2. The molecule has 7 nitrogen and oxygen atoms in total. The number of amides is 4. The van der Waals surface area contributed by atoms with Crippen molar-refractivity contribution in [3.63, 3.8) is 0 Å². The molecule has 0 aromatic heterocycles. The molecule has 1 saturated heterocycles. The molecule has 2 aromatic carbocycles. The number of anilines is 1. The Bertz CT molecular complexity index is 1110. The van der Waals surface area contributed by atoms with Gasteiger partial charge in [0.2, 0.25) is 0 Å². The number of rotatable bonds is 7. The zero-order chi connectivity index (χ0) is 23.4. The molecule has 4 amide bonds. The number of nitrogens with one attached hydrogen (secondary N) is 1. The predicted molar refractivity (Wildman–Crippen MR) is 123 cm³/mol. The van der Waals surface area contributed by atoms with E-state index in [0.29, 0.717) is 35.8 Å². The van der Waals surface area contributed by atoms with Crippen LogP contribution in [0.3, 0.4) is 0 Å². The molecular formula is C25H26N2O5. The maximum Gasteiger partial charge on any atom is 0.335 e. The van der Waals surface area contributed by atoms with Crippen molar-refractivity contribution in [2.24, 2.45) is 0 Å². The van der Waals surface area contributed by atoms with Gasteiger partial charge in [0, 0.05) is 5.56 Å². The highest BCUT2D eigenvalue weighted by Gasteiger charge is 2.37. The molecule has 7 heteroatoms. The number of benzene rings is 2. The molecule has 0 spiro atoms. The number of hydrogen-bond donors (Lipinski definition) is 1. The fraction of sp³-hybridized carbons (Fsp3) is 0.240. The molecule has 0 bridgehead atoms. The fourth-order valence-corrected chi connectivity index (χ4v) is 3.71. The minimum atomic E-state index is -0.778. The van der Waals surface area contributed by atoms with Gasteiger partial charge in [-0.25, -0.2) is 9.69 Å². The maximum atomic E-state index is 13.2. The van der Waals surface area contributed by atoms with Gasteiger partial charge in [0.15, 0.2) is 11.5 Å². The van der Waals surface area contributed by atoms with Crippen LogP contribution in [-0.2, 0) is 16.0 Å². The third kappa shape index (κ3) is 4.56. The number of ether oxygens (including phenoxy) is 2. The number of carbonyl (C=O) groups is 3. The van der Waals surface area contributed by atoms with Crippen LogP contribution in [0.15, 0.2) is 48.6 Å². The van der Waals surface area contributed by atoms with E-state index in [9.17, 15) is 14.4 Å². The second-order valence-electron chi connectivity index (χ2n) is 7.44. The van der Waals surface area contributed by atoms with E-state index >= 15 is 0 Å². The summed E-state index contributed by atoms with van der Waals surface area (Å²) in [5.74, 6) is -0.380. The second kappa shape index (κ2) is 9.51. The van der Waals surface area contributed by atoms with Crippen LogP contribution in [0.2, 0.25) is 0 Å². The van der Waals surface area contributed by atoms with Crippen LogP contribution in [0, 0.1) is 13.8 Å². The molecule has 166 valence electrons. The SMILES string of the molecule is C=CCc1cc(/C=C2\C(=O)NC(=O)N(c3cc(C)cc(C)c3)C2=O)cc(OCC)c1OC. The Labute approximate surface area is 187 Å². The quantitative estimate of drug-likeness (QED) is 0.403. The first-order valence-corrected chi connectivity index (χ1v) is 10.2. The number of imide groups is 2. The lowest BCUT2D eigenvalue weighted by Gasteiger charge is -2.27. The molecule has 1 N–H and O–H groups in total. The maximum absolute atomic E-state index is 13.2. The number of barbiturate groups is 1. The summed E-state index contributed by atoms with van der Waals surface area (Å²) in [6.07, 6.45) is 3.69. The van der Waals surface area contributed by atoms with E-state index in [1.54, 1.807) is 37.5 Å². The zero-order valence-corrected chi connectivity index (χ0v) is 18.7. The molecule has 1 fully saturated rings. The molecule has 0 atom stereocenters. The van der Waals surface area contributed by atoms with Crippen LogP contribution in [-0.4, -0.2) is 31.6 Å². The topological polar surface area (TPSA) is 84.9 Å². The summed E-state index contributed by atoms with van der Waals surface area (Å²) in [5.41, 5.74) is 3.41. The van der Waals surface area contributed by atoms with E-state index in [4.69, 9.17) is 9.47 Å². The zero-order valence-electron chi connectivity index (χ0n) is 18.7. The number of carbonyl (C=O) groups excluding carboxylic acids is 3. The minimum absolute atomic E-state index is 0.152. The molecule has 0 unspecified atom stereocenters. The lowest BCUT2D eigenvalue weighted by Crippen LogP contribution is -2.54. The number of methoxy groups -OCH3 is 1. The molecule has 3 rings (SSSR count). The summed E-state index contributed by atoms with van der Waals surface area (Å²) in [4.78, 5) is 39.3. The number of nitrogens with zero attached hydrogens (tertiary/aromatic N) is 1. The van der Waals surface area contributed by atoms with E-state index in [1.165, 1.54) is 6.08 Å². The van der Waals surface area contributed by atoms with Gasteiger partial charge in [-0.05, 0) is 74.2 Å². The van der Waals surface area contributed by atoms with Crippen molar-refractivity contribution in [2.75, 3.05) is 18.6 Å². The van der Waals surface area contributed by atoms with E-state index in [-0.39, 0.29) is 5.57 Å². The first-order valence-electron chi connectivity index (χ1n) is 10.2. The fourth-order valence-electron chi connectivity index (χ4n) is 3.71. The number of urea groups is 1. The van der Waals surface area contributed by atoms with Crippen LogP contribution >= 0.6 is 0 Å².